The van der Waals surface area contributed by atoms with Crippen LogP contribution >= 0.6 is 0 Å². The zero-order chi connectivity index (χ0) is 12.1. The van der Waals surface area contributed by atoms with Crippen molar-refractivity contribution in [3.8, 4) is 0 Å². The Labute approximate surface area is 103 Å². The van der Waals surface area contributed by atoms with Crippen LogP contribution in [0.2, 0.25) is 0 Å². The molecule has 3 nitrogen and oxygen atoms in total. The molecule has 0 aromatic carbocycles. The van der Waals surface area contributed by atoms with Gasteiger partial charge in [-0.2, -0.15) is 0 Å². The molecule has 2 aromatic rings. The standard InChI is InChI=1S/C14H19N3/c1-12(15-2)14-6-10-17(11-14)9-5-13-3-7-16-8-4-13/h3-4,6-8,10-12,15H,5,9H2,1-2H3. The second-order valence-electron chi connectivity index (χ2n) is 4.30. The van der Waals surface area contributed by atoms with E-state index in [0.717, 1.165) is 13.0 Å². The Morgan fingerprint density at radius 2 is 2.06 bits per heavy atom. The molecule has 0 aliphatic rings. The maximum Gasteiger partial charge on any atom is 0.0304 e. The Morgan fingerprint density at radius 1 is 1.29 bits per heavy atom. The van der Waals surface area contributed by atoms with Gasteiger partial charge in [-0.3, -0.25) is 4.98 Å². The number of rotatable bonds is 5. The maximum atomic E-state index is 4.02. The van der Waals surface area contributed by atoms with Gasteiger partial charge in [0.1, 0.15) is 0 Å². The fraction of sp³-hybridized carbons (Fsp3) is 0.357. The van der Waals surface area contributed by atoms with Crippen LogP contribution in [-0.4, -0.2) is 16.6 Å². The van der Waals surface area contributed by atoms with E-state index in [9.17, 15) is 0 Å². The van der Waals surface area contributed by atoms with Crippen molar-refractivity contribution in [1.29, 1.82) is 0 Å². The Bertz CT molecular complexity index is 448. The number of hydrogen-bond donors (Lipinski definition) is 1. The Hall–Kier alpha value is -1.61. The number of nitrogens with zero attached hydrogens (tertiary/aromatic N) is 2. The summed E-state index contributed by atoms with van der Waals surface area (Å²) in [4.78, 5) is 4.02. The SMILES string of the molecule is CNC(C)c1ccn(CCc2ccncc2)c1. The van der Waals surface area contributed by atoms with Crippen LogP contribution in [0.25, 0.3) is 0 Å². The molecule has 0 radical (unpaired) electrons. The monoisotopic (exact) mass is 229 g/mol. The second kappa shape index (κ2) is 5.64. The minimum Gasteiger partial charge on any atom is -0.354 e. The summed E-state index contributed by atoms with van der Waals surface area (Å²) in [5.41, 5.74) is 2.67. The largest absolute Gasteiger partial charge is 0.354 e. The molecule has 0 amide bonds. The highest BCUT2D eigenvalue weighted by Gasteiger charge is 2.03. The first-order valence-corrected chi connectivity index (χ1v) is 6.01. The number of aromatic nitrogens is 2. The molecule has 1 atom stereocenters. The van der Waals surface area contributed by atoms with Crippen molar-refractivity contribution >= 4 is 0 Å². The van der Waals surface area contributed by atoms with Crippen LogP contribution in [0.1, 0.15) is 24.1 Å². The summed E-state index contributed by atoms with van der Waals surface area (Å²) in [6.07, 6.45) is 9.09. The van der Waals surface area contributed by atoms with E-state index in [1.807, 2.05) is 19.4 Å². The van der Waals surface area contributed by atoms with E-state index in [-0.39, 0.29) is 0 Å². The topological polar surface area (TPSA) is 29.9 Å². The molecule has 0 aliphatic carbocycles. The molecule has 2 rings (SSSR count). The fourth-order valence-corrected chi connectivity index (χ4v) is 1.83. The summed E-state index contributed by atoms with van der Waals surface area (Å²) in [5.74, 6) is 0. The van der Waals surface area contributed by atoms with Crippen LogP contribution in [-0.2, 0) is 13.0 Å². The molecule has 2 aromatic heterocycles. The molecule has 0 fully saturated rings. The van der Waals surface area contributed by atoms with Gasteiger partial charge >= 0.3 is 0 Å². The summed E-state index contributed by atoms with van der Waals surface area (Å²) in [7, 11) is 1.99. The molecule has 1 unspecified atom stereocenters. The van der Waals surface area contributed by atoms with Crippen LogP contribution < -0.4 is 5.32 Å². The van der Waals surface area contributed by atoms with Crippen molar-refractivity contribution in [2.24, 2.45) is 0 Å². The lowest BCUT2D eigenvalue weighted by Gasteiger charge is -2.07. The van der Waals surface area contributed by atoms with E-state index in [2.05, 4.69) is 52.4 Å². The summed E-state index contributed by atoms with van der Waals surface area (Å²) < 4.78 is 2.24. The number of aryl methyl sites for hydroxylation is 2. The fourth-order valence-electron chi connectivity index (χ4n) is 1.83. The predicted molar refractivity (Wildman–Crippen MR) is 69.8 cm³/mol. The van der Waals surface area contributed by atoms with E-state index in [1.165, 1.54) is 11.1 Å². The van der Waals surface area contributed by atoms with E-state index in [1.54, 1.807) is 0 Å². The van der Waals surface area contributed by atoms with Gasteiger partial charge in [-0.1, -0.05) is 0 Å². The van der Waals surface area contributed by atoms with Crippen molar-refractivity contribution < 1.29 is 0 Å². The van der Waals surface area contributed by atoms with Crippen LogP contribution in [0.3, 0.4) is 0 Å². The van der Waals surface area contributed by atoms with Gasteiger partial charge in [0.15, 0.2) is 0 Å². The quantitative estimate of drug-likeness (QED) is 0.853. The van der Waals surface area contributed by atoms with Gasteiger partial charge in [-0.15, -0.1) is 0 Å². The van der Waals surface area contributed by atoms with Crippen molar-refractivity contribution in [2.75, 3.05) is 7.05 Å². The molecule has 90 valence electrons. The van der Waals surface area contributed by atoms with Crippen LogP contribution in [0.5, 0.6) is 0 Å². The van der Waals surface area contributed by atoms with Gasteiger partial charge in [0, 0.05) is 37.4 Å². The van der Waals surface area contributed by atoms with Gasteiger partial charge < -0.3 is 9.88 Å². The molecular formula is C14H19N3. The summed E-state index contributed by atoms with van der Waals surface area (Å²) in [6.45, 7) is 3.18. The molecule has 1 N–H and O–H groups in total. The van der Waals surface area contributed by atoms with E-state index in [0.29, 0.717) is 6.04 Å². The predicted octanol–water partition coefficient (Wildman–Crippen LogP) is 2.41. The maximum absolute atomic E-state index is 4.02. The van der Waals surface area contributed by atoms with E-state index < -0.39 is 0 Å². The molecule has 0 saturated carbocycles. The van der Waals surface area contributed by atoms with Crippen molar-refractivity contribution in [3.63, 3.8) is 0 Å². The van der Waals surface area contributed by atoms with Gasteiger partial charge in [-0.25, -0.2) is 0 Å². The van der Waals surface area contributed by atoms with E-state index in [4.69, 9.17) is 0 Å². The molecule has 0 aliphatic heterocycles. The van der Waals surface area contributed by atoms with Crippen LogP contribution in [0.15, 0.2) is 43.0 Å². The summed E-state index contributed by atoms with van der Waals surface area (Å²) in [5, 5.41) is 3.25. The Morgan fingerprint density at radius 3 is 2.76 bits per heavy atom. The lowest BCUT2D eigenvalue weighted by molar-refractivity contribution is 0.643. The van der Waals surface area contributed by atoms with Crippen molar-refractivity contribution in [2.45, 2.75) is 25.9 Å². The van der Waals surface area contributed by atoms with Crippen LogP contribution in [0, 0.1) is 0 Å². The average Bonchev–Trinajstić information content (AvgIpc) is 2.85. The first-order chi connectivity index (χ1) is 8.29. The molecule has 17 heavy (non-hydrogen) atoms. The summed E-state index contributed by atoms with van der Waals surface area (Å²) in [6, 6.07) is 6.73. The third-order valence-corrected chi connectivity index (χ3v) is 3.11. The number of nitrogens with one attached hydrogen (secondary N) is 1. The molecule has 0 spiro atoms. The molecule has 3 heteroatoms. The van der Waals surface area contributed by atoms with Crippen molar-refractivity contribution in [3.05, 3.63) is 54.1 Å². The highest BCUT2D eigenvalue weighted by atomic mass is 14.9. The molecule has 2 heterocycles. The highest BCUT2D eigenvalue weighted by molar-refractivity contribution is 5.15. The lowest BCUT2D eigenvalue weighted by atomic mass is 10.2. The third kappa shape index (κ3) is 3.17. The highest BCUT2D eigenvalue weighted by Crippen LogP contribution is 2.12. The molecule has 0 saturated heterocycles. The smallest absolute Gasteiger partial charge is 0.0304 e. The summed E-state index contributed by atoms with van der Waals surface area (Å²) >= 11 is 0. The average molecular weight is 229 g/mol. The minimum atomic E-state index is 0.414. The first-order valence-electron chi connectivity index (χ1n) is 6.01. The zero-order valence-electron chi connectivity index (χ0n) is 10.4. The Kier molecular flexibility index (Phi) is 3.94. The minimum absolute atomic E-state index is 0.414. The van der Waals surface area contributed by atoms with Crippen LogP contribution in [0.4, 0.5) is 0 Å². The lowest BCUT2D eigenvalue weighted by Crippen LogP contribution is -2.11. The van der Waals surface area contributed by atoms with Gasteiger partial charge in [0.2, 0.25) is 0 Å². The first kappa shape index (κ1) is 11.9. The van der Waals surface area contributed by atoms with Gasteiger partial charge in [0.05, 0.1) is 0 Å². The van der Waals surface area contributed by atoms with Gasteiger partial charge in [-0.05, 0) is 49.7 Å². The van der Waals surface area contributed by atoms with Gasteiger partial charge in [0.25, 0.3) is 0 Å². The zero-order valence-corrected chi connectivity index (χ0v) is 10.4. The Balaban J connectivity index is 1.94. The number of pyridine rings is 1. The van der Waals surface area contributed by atoms with E-state index >= 15 is 0 Å². The third-order valence-electron chi connectivity index (χ3n) is 3.11. The molecule has 0 bridgehead atoms. The molecular weight excluding hydrogens is 210 g/mol. The van der Waals surface area contributed by atoms with Crippen molar-refractivity contribution in [1.82, 2.24) is 14.9 Å². The second-order valence-corrected chi connectivity index (χ2v) is 4.30. The number of hydrogen-bond acceptors (Lipinski definition) is 2. The normalized spacial score (nSPS) is 12.6.